The standard InChI is InChI=1S/C12H14N2/c1-8-6-9(2)11(10(3)7-8)12-13-4-5-14-12/h6-7,13H,4H2,1-3H3. The fourth-order valence-corrected chi connectivity index (χ4v) is 1.98. The summed E-state index contributed by atoms with van der Waals surface area (Å²) < 4.78 is 0. The monoisotopic (exact) mass is 186 g/mol. The summed E-state index contributed by atoms with van der Waals surface area (Å²) in [6, 6.07) is 4.37. The van der Waals surface area contributed by atoms with E-state index in [1.165, 1.54) is 22.3 Å². The zero-order valence-electron chi connectivity index (χ0n) is 8.81. The third-order valence-electron chi connectivity index (χ3n) is 2.44. The van der Waals surface area contributed by atoms with Crippen molar-refractivity contribution in [2.45, 2.75) is 20.8 Å². The molecule has 0 unspecified atom stereocenters. The van der Waals surface area contributed by atoms with Gasteiger partial charge in [0.15, 0.2) is 0 Å². The largest absolute Gasteiger partial charge is 0.367 e. The Morgan fingerprint density at radius 1 is 1.21 bits per heavy atom. The van der Waals surface area contributed by atoms with E-state index in [4.69, 9.17) is 0 Å². The maximum atomic E-state index is 4.21. The molecule has 1 aliphatic heterocycles. The molecule has 0 amide bonds. The van der Waals surface area contributed by atoms with Gasteiger partial charge < -0.3 is 5.32 Å². The van der Waals surface area contributed by atoms with E-state index in [0.29, 0.717) is 0 Å². The van der Waals surface area contributed by atoms with Gasteiger partial charge in [0.05, 0.1) is 0 Å². The van der Waals surface area contributed by atoms with E-state index in [1.807, 2.05) is 0 Å². The van der Waals surface area contributed by atoms with Gasteiger partial charge in [-0.3, -0.25) is 4.99 Å². The van der Waals surface area contributed by atoms with Crippen LogP contribution in [0.5, 0.6) is 0 Å². The summed E-state index contributed by atoms with van der Waals surface area (Å²) in [7, 11) is 0. The van der Waals surface area contributed by atoms with Crippen LogP contribution in [0, 0.1) is 27.3 Å². The minimum Gasteiger partial charge on any atom is -0.367 e. The highest BCUT2D eigenvalue weighted by Crippen LogP contribution is 2.17. The molecule has 0 fully saturated rings. The first-order valence-corrected chi connectivity index (χ1v) is 4.81. The van der Waals surface area contributed by atoms with Crippen molar-refractivity contribution in [3.8, 4) is 0 Å². The molecule has 1 aliphatic rings. The van der Waals surface area contributed by atoms with Gasteiger partial charge in [0, 0.05) is 12.1 Å². The zero-order valence-corrected chi connectivity index (χ0v) is 8.81. The van der Waals surface area contributed by atoms with E-state index in [9.17, 15) is 0 Å². The predicted molar refractivity (Wildman–Crippen MR) is 58.4 cm³/mol. The molecule has 1 aromatic carbocycles. The Kier molecular flexibility index (Phi) is 2.28. The number of nitrogens with zero attached hydrogens (tertiary/aromatic N) is 1. The molecule has 1 aromatic rings. The quantitative estimate of drug-likeness (QED) is 0.712. The van der Waals surface area contributed by atoms with Gasteiger partial charge in [-0.25, -0.2) is 0 Å². The van der Waals surface area contributed by atoms with Gasteiger partial charge >= 0.3 is 0 Å². The van der Waals surface area contributed by atoms with Gasteiger partial charge in [0.1, 0.15) is 12.4 Å². The SMILES string of the molecule is Cc1cc(C)c(C2=N[C]CN2)c(C)c1. The van der Waals surface area contributed by atoms with Crippen molar-refractivity contribution in [3.05, 3.63) is 40.9 Å². The molecule has 0 saturated carbocycles. The van der Waals surface area contributed by atoms with Crippen LogP contribution in [0.2, 0.25) is 0 Å². The Labute approximate surface area is 85.1 Å². The molecule has 0 saturated heterocycles. The van der Waals surface area contributed by atoms with Gasteiger partial charge in [-0.2, -0.15) is 0 Å². The molecule has 14 heavy (non-hydrogen) atoms. The molecule has 0 spiro atoms. The van der Waals surface area contributed by atoms with Crippen molar-refractivity contribution in [1.82, 2.24) is 5.32 Å². The number of aryl methyl sites for hydroxylation is 3. The Morgan fingerprint density at radius 2 is 1.86 bits per heavy atom. The maximum absolute atomic E-state index is 4.21. The van der Waals surface area contributed by atoms with E-state index in [0.717, 1.165) is 12.4 Å². The van der Waals surface area contributed by atoms with E-state index in [1.54, 1.807) is 0 Å². The fourth-order valence-electron chi connectivity index (χ4n) is 1.98. The Morgan fingerprint density at radius 3 is 2.36 bits per heavy atom. The Hall–Kier alpha value is -1.31. The van der Waals surface area contributed by atoms with Crippen molar-refractivity contribution in [3.63, 3.8) is 0 Å². The first-order valence-electron chi connectivity index (χ1n) is 4.81. The number of aliphatic imine (C=N–C) groups is 1. The molecule has 0 atom stereocenters. The second-order valence-corrected chi connectivity index (χ2v) is 3.75. The first kappa shape index (κ1) is 9.25. The van der Waals surface area contributed by atoms with Gasteiger partial charge in [0.2, 0.25) is 0 Å². The van der Waals surface area contributed by atoms with E-state index in [2.05, 4.69) is 49.8 Å². The lowest BCUT2D eigenvalue weighted by molar-refractivity contribution is 1.04. The lowest BCUT2D eigenvalue weighted by Crippen LogP contribution is -2.21. The van der Waals surface area contributed by atoms with Crippen LogP contribution in [0.3, 0.4) is 0 Å². The van der Waals surface area contributed by atoms with Gasteiger partial charge in [-0.05, 0) is 31.9 Å². The minimum absolute atomic E-state index is 0.724. The molecule has 2 rings (SSSR count). The lowest BCUT2D eigenvalue weighted by atomic mass is 9.99. The van der Waals surface area contributed by atoms with Crippen molar-refractivity contribution in [1.29, 1.82) is 0 Å². The second-order valence-electron chi connectivity index (χ2n) is 3.75. The number of hydrogen-bond donors (Lipinski definition) is 1. The summed E-state index contributed by atoms with van der Waals surface area (Å²) in [5, 5.41) is 3.21. The molecular formula is C12H14N2. The van der Waals surface area contributed by atoms with E-state index >= 15 is 0 Å². The average molecular weight is 186 g/mol. The van der Waals surface area contributed by atoms with E-state index in [-0.39, 0.29) is 0 Å². The normalized spacial score (nSPS) is 15.2. The highest BCUT2D eigenvalue weighted by molar-refractivity contribution is 6.02. The molecular weight excluding hydrogens is 172 g/mol. The Bertz CT molecular complexity index is 368. The summed E-state index contributed by atoms with van der Waals surface area (Å²) in [6.45, 7) is 10.0. The third kappa shape index (κ3) is 1.52. The number of hydrogen-bond acceptors (Lipinski definition) is 2. The number of amidine groups is 1. The molecule has 2 nitrogen and oxygen atoms in total. The van der Waals surface area contributed by atoms with Crippen LogP contribution in [-0.4, -0.2) is 12.4 Å². The zero-order chi connectivity index (χ0) is 10.1. The first-order chi connectivity index (χ1) is 6.68. The highest BCUT2D eigenvalue weighted by atomic mass is 15.1. The van der Waals surface area contributed by atoms with Crippen LogP contribution < -0.4 is 5.32 Å². The lowest BCUT2D eigenvalue weighted by Gasteiger charge is -2.11. The van der Waals surface area contributed by atoms with Crippen LogP contribution in [0.4, 0.5) is 0 Å². The van der Waals surface area contributed by atoms with Crippen LogP contribution >= 0.6 is 0 Å². The maximum Gasteiger partial charge on any atom is 0.139 e. The van der Waals surface area contributed by atoms with Gasteiger partial charge in [0.25, 0.3) is 0 Å². The summed E-state index contributed by atoms with van der Waals surface area (Å²) in [5.74, 6) is 0.958. The number of benzene rings is 1. The smallest absolute Gasteiger partial charge is 0.139 e. The fraction of sp³-hybridized carbons (Fsp3) is 0.333. The summed E-state index contributed by atoms with van der Waals surface area (Å²) in [5.41, 5.74) is 5.07. The van der Waals surface area contributed by atoms with Crippen LogP contribution in [0.1, 0.15) is 22.3 Å². The average Bonchev–Trinajstić information content (AvgIpc) is 2.54. The predicted octanol–water partition coefficient (Wildman–Crippen LogP) is 2.00. The topological polar surface area (TPSA) is 24.4 Å². The number of nitrogens with one attached hydrogen (secondary N) is 1. The summed E-state index contributed by atoms with van der Waals surface area (Å²) >= 11 is 0. The number of rotatable bonds is 1. The molecule has 0 aliphatic carbocycles. The molecule has 1 N–H and O–H groups in total. The van der Waals surface area contributed by atoms with Crippen LogP contribution in [-0.2, 0) is 0 Å². The molecule has 72 valence electrons. The Balaban J connectivity index is 2.52. The van der Waals surface area contributed by atoms with Crippen LogP contribution in [0.15, 0.2) is 17.1 Å². The van der Waals surface area contributed by atoms with Crippen LogP contribution in [0.25, 0.3) is 0 Å². The van der Waals surface area contributed by atoms with Crippen molar-refractivity contribution >= 4 is 5.84 Å². The third-order valence-corrected chi connectivity index (χ3v) is 2.44. The molecule has 2 radical (unpaired) electrons. The van der Waals surface area contributed by atoms with Gasteiger partial charge in [-0.1, -0.05) is 17.7 Å². The molecule has 2 heteroatoms. The summed E-state index contributed by atoms with van der Waals surface area (Å²) in [4.78, 5) is 4.21. The molecule has 1 heterocycles. The van der Waals surface area contributed by atoms with Gasteiger partial charge in [-0.15, -0.1) is 0 Å². The summed E-state index contributed by atoms with van der Waals surface area (Å²) in [6.07, 6.45) is 0. The second kappa shape index (κ2) is 3.45. The minimum atomic E-state index is 0.724. The van der Waals surface area contributed by atoms with Crippen molar-refractivity contribution in [2.24, 2.45) is 4.99 Å². The van der Waals surface area contributed by atoms with Crippen molar-refractivity contribution < 1.29 is 0 Å². The van der Waals surface area contributed by atoms with E-state index < -0.39 is 0 Å². The van der Waals surface area contributed by atoms with Crippen molar-refractivity contribution in [2.75, 3.05) is 6.54 Å². The highest BCUT2D eigenvalue weighted by Gasteiger charge is 2.13. The molecule has 0 bridgehead atoms. The molecule has 0 aromatic heterocycles.